The normalized spacial score (nSPS) is 27.1. The quantitative estimate of drug-likeness (QED) is 0.662. The average Bonchev–Trinajstić information content (AvgIpc) is 3.02. The molecule has 8 heteroatoms. The molecule has 3 fully saturated rings. The fraction of sp³-hybridized carbons (Fsp3) is 0.625. The summed E-state index contributed by atoms with van der Waals surface area (Å²) in [5, 5.41) is 6.05. The van der Waals surface area contributed by atoms with E-state index in [9.17, 15) is 14.4 Å². The highest BCUT2D eigenvalue weighted by atomic mass is 16.2. The molecule has 4 rings (SSSR count). The highest BCUT2D eigenvalue weighted by Crippen LogP contribution is 2.38. The molecule has 1 aliphatic carbocycles. The number of benzene rings is 1. The zero-order valence-electron chi connectivity index (χ0n) is 19.2. The number of rotatable bonds is 6. The van der Waals surface area contributed by atoms with Crippen molar-refractivity contribution in [3.8, 4) is 0 Å². The number of anilines is 1. The van der Waals surface area contributed by atoms with Gasteiger partial charge in [-0.3, -0.25) is 19.4 Å². The van der Waals surface area contributed by atoms with Gasteiger partial charge >= 0.3 is 6.03 Å². The van der Waals surface area contributed by atoms with E-state index >= 15 is 0 Å². The minimum atomic E-state index is -0.704. The molecule has 0 unspecified atom stereocenters. The van der Waals surface area contributed by atoms with Crippen LogP contribution >= 0.6 is 0 Å². The standard InChI is InChI=1S/C24H35N5O3/c1-3-19-9-4-5-10-20(19)25-21(30)16-27-12-14-28(15-13-27)17-29-22(31)24(26-23(29)32)11-7-6-8-18(24)2/h4-5,9-10,18H,3,6-8,11-17H2,1-2H3,(H,25,30)(H,26,32)/t18-,24+/m1/s1. The Labute approximate surface area is 190 Å². The Bertz CT molecular complexity index is 867. The maximum atomic E-state index is 13.2. The monoisotopic (exact) mass is 441 g/mol. The lowest BCUT2D eigenvalue weighted by molar-refractivity contribution is -0.136. The maximum absolute atomic E-state index is 13.2. The van der Waals surface area contributed by atoms with Crippen molar-refractivity contribution in [3.05, 3.63) is 29.8 Å². The van der Waals surface area contributed by atoms with Crippen LogP contribution in [0, 0.1) is 5.92 Å². The van der Waals surface area contributed by atoms with Crippen molar-refractivity contribution in [1.29, 1.82) is 0 Å². The zero-order valence-corrected chi connectivity index (χ0v) is 19.2. The first-order chi connectivity index (χ1) is 15.4. The molecule has 2 N–H and O–H groups in total. The van der Waals surface area contributed by atoms with Crippen LogP contribution in [0.15, 0.2) is 24.3 Å². The van der Waals surface area contributed by atoms with Crippen molar-refractivity contribution in [2.45, 2.75) is 51.5 Å². The zero-order chi connectivity index (χ0) is 22.7. The molecule has 0 radical (unpaired) electrons. The first-order valence-electron chi connectivity index (χ1n) is 11.9. The molecule has 3 aliphatic rings. The molecule has 32 heavy (non-hydrogen) atoms. The Morgan fingerprint density at radius 1 is 1.12 bits per heavy atom. The number of para-hydroxylation sites is 1. The van der Waals surface area contributed by atoms with Crippen molar-refractivity contribution in [2.24, 2.45) is 5.92 Å². The largest absolute Gasteiger partial charge is 0.326 e. The first-order valence-corrected chi connectivity index (χ1v) is 11.9. The minimum Gasteiger partial charge on any atom is -0.325 e. The molecular formula is C24H35N5O3. The van der Waals surface area contributed by atoms with Crippen LogP contribution in [-0.2, 0) is 16.0 Å². The molecule has 1 aromatic rings. The van der Waals surface area contributed by atoms with E-state index in [2.05, 4.69) is 34.3 Å². The van der Waals surface area contributed by atoms with Crippen LogP contribution in [0.4, 0.5) is 10.5 Å². The third-order valence-electron chi connectivity index (χ3n) is 7.35. The minimum absolute atomic E-state index is 0.0123. The summed E-state index contributed by atoms with van der Waals surface area (Å²) in [5.74, 6) is 0.0960. The Morgan fingerprint density at radius 2 is 1.84 bits per heavy atom. The van der Waals surface area contributed by atoms with E-state index in [4.69, 9.17) is 0 Å². The predicted octanol–water partition coefficient (Wildman–Crippen LogP) is 2.26. The van der Waals surface area contributed by atoms with Crippen LogP contribution in [0.3, 0.4) is 0 Å². The van der Waals surface area contributed by atoms with E-state index in [-0.39, 0.29) is 23.8 Å². The van der Waals surface area contributed by atoms with Gasteiger partial charge in [-0.05, 0) is 36.8 Å². The van der Waals surface area contributed by atoms with Crippen molar-refractivity contribution in [2.75, 3.05) is 44.7 Å². The van der Waals surface area contributed by atoms with Gasteiger partial charge in [0.1, 0.15) is 5.54 Å². The maximum Gasteiger partial charge on any atom is 0.326 e. The summed E-state index contributed by atoms with van der Waals surface area (Å²) in [4.78, 5) is 44.0. The van der Waals surface area contributed by atoms with Gasteiger partial charge in [0.25, 0.3) is 5.91 Å². The van der Waals surface area contributed by atoms with E-state index in [1.807, 2.05) is 24.3 Å². The van der Waals surface area contributed by atoms with Crippen LogP contribution < -0.4 is 10.6 Å². The number of hydrogen-bond acceptors (Lipinski definition) is 5. The second kappa shape index (κ2) is 9.58. The number of carbonyl (C=O) groups is 3. The van der Waals surface area contributed by atoms with Gasteiger partial charge in [0.15, 0.2) is 0 Å². The van der Waals surface area contributed by atoms with E-state index < -0.39 is 5.54 Å². The highest BCUT2D eigenvalue weighted by Gasteiger charge is 2.55. The molecule has 4 amide bonds. The lowest BCUT2D eigenvalue weighted by Crippen LogP contribution is -2.55. The summed E-state index contributed by atoms with van der Waals surface area (Å²) < 4.78 is 0. The number of nitrogens with zero attached hydrogens (tertiary/aromatic N) is 3. The second-order valence-electron chi connectivity index (χ2n) is 9.38. The summed E-state index contributed by atoms with van der Waals surface area (Å²) in [6.45, 7) is 7.72. The van der Waals surface area contributed by atoms with Crippen molar-refractivity contribution in [1.82, 2.24) is 20.0 Å². The number of amides is 4. The van der Waals surface area contributed by atoms with E-state index in [1.165, 1.54) is 4.90 Å². The van der Waals surface area contributed by atoms with Crippen molar-refractivity contribution in [3.63, 3.8) is 0 Å². The van der Waals surface area contributed by atoms with Gasteiger partial charge in [-0.2, -0.15) is 0 Å². The Balaban J connectivity index is 1.26. The smallest absolute Gasteiger partial charge is 0.325 e. The molecule has 2 saturated heterocycles. The van der Waals surface area contributed by atoms with E-state index in [0.29, 0.717) is 13.2 Å². The number of urea groups is 1. The molecular weight excluding hydrogens is 406 g/mol. The third kappa shape index (κ3) is 4.52. The third-order valence-corrected chi connectivity index (χ3v) is 7.35. The van der Waals surface area contributed by atoms with Gasteiger partial charge in [0.05, 0.1) is 13.2 Å². The summed E-state index contributed by atoms with van der Waals surface area (Å²) in [6.07, 6.45) is 4.68. The second-order valence-corrected chi connectivity index (χ2v) is 9.38. The van der Waals surface area contributed by atoms with Crippen LogP contribution in [0.5, 0.6) is 0 Å². The summed E-state index contributed by atoms with van der Waals surface area (Å²) >= 11 is 0. The number of piperazine rings is 1. The van der Waals surface area contributed by atoms with Crippen molar-refractivity contribution < 1.29 is 14.4 Å². The summed E-state index contributed by atoms with van der Waals surface area (Å²) in [5.41, 5.74) is 1.30. The van der Waals surface area contributed by atoms with E-state index in [0.717, 1.165) is 69.5 Å². The molecule has 1 spiro atoms. The van der Waals surface area contributed by atoms with Gasteiger partial charge in [0.2, 0.25) is 5.91 Å². The average molecular weight is 442 g/mol. The molecule has 1 aromatic carbocycles. The van der Waals surface area contributed by atoms with Crippen LogP contribution in [0.25, 0.3) is 0 Å². The predicted molar refractivity (Wildman–Crippen MR) is 123 cm³/mol. The Hall–Kier alpha value is -2.45. The van der Waals surface area contributed by atoms with Gasteiger partial charge in [-0.25, -0.2) is 9.69 Å². The summed E-state index contributed by atoms with van der Waals surface area (Å²) in [6, 6.07) is 7.62. The number of carbonyl (C=O) groups excluding carboxylic acids is 3. The lowest BCUT2D eigenvalue weighted by Gasteiger charge is -2.38. The molecule has 2 atom stereocenters. The van der Waals surface area contributed by atoms with Crippen LogP contribution in [-0.4, -0.2) is 77.5 Å². The Morgan fingerprint density at radius 3 is 2.56 bits per heavy atom. The molecule has 0 bridgehead atoms. The van der Waals surface area contributed by atoms with Gasteiger partial charge in [0, 0.05) is 31.9 Å². The Kier molecular flexibility index (Phi) is 6.81. The topological polar surface area (TPSA) is 85.0 Å². The molecule has 174 valence electrons. The fourth-order valence-electron chi connectivity index (χ4n) is 5.26. The van der Waals surface area contributed by atoms with Gasteiger partial charge in [-0.1, -0.05) is 44.9 Å². The molecule has 1 saturated carbocycles. The van der Waals surface area contributed by atoms with E-state index in [1.54, 1.807) is 0 Å². The number of imide groups is 1. The number of hydrogen-bond donors (Lipinski definition) is 2. The lowest BCUT2D eigenvalue weighted by atomic mass is 9.73. The highest BCUT2D eigenvalue weighted by molar-refractivity contribution is 6.07. The fourth-order valence-corrected chi connectivity index (χ4v) is 5.26. The van der Waals surface area contributed by atoms with Crippen LogP contribution in [0.1, 0.15) is 45.1 Å². The SMILES string of the molecule is CCc1ccccc1NC(=O)CN1CCN(CN2C(=O)N[C@]3(CCCC[C@H]3C)C2=O)CC1. The molecule has 0 aromatic heterocycles. The van der Waals surface area contributed by atoms with Crippen LogP contribution in [0.2, 0.25) is 0 Å². The molecule has 2 aliphatic heterocycles. The molecule has 2 heterocycles. The van der Waals surface area contributed by atoms with Gasteiger partial charge in [-0.15, -0.1) is 0 Å². The first kappa shape index (κ1) is 22.7. The number of nitrogens with one attached hydrogen (secondary N) is 2. The summed E-state index contributed by atoms with van der Waals surface area (Å²) in [7, 11) is 0. The number of aryl methyl sites for hydroxylation is 1. The molecule has 8 nitrogen and oxygen atoms in total. The van der Waals surface area contributed by atoms with Crippen molar-refractivity contribution >= 4 is 23.5 Å². The van der Waals surface area contributed by atoms with Gasteiger partial charge < -0.3 is 10.6 Å².